The monoisotopic (exact) mass is 522 g/mol. The van der Waals surface area contributed by atoms with Gasteiger partial charge >= 0.3 is 5.97 Å². The topological polar surface area (TPSA) is 115 Å². The molecule has 9 nitrogen and oxygen atoms in total. The number of para-hydroxylation sites is 1. The average molecular weight is 523 g/mol. The maximum absolute atomic E-state index is 13.5. The van der Waals surface area contributed by atoms with Crippen LogP contribution in [0.2, 0.25) is 0 Å². The molecule has 0 saturated heterocycles. The van der Waals surface area contributed by atoms with Gasteiger partial charge in [0.05, 0.1) is 5.69 Å². The van der Waals surface area contributed by atoms with E-state index in [1.807, 2.05) is 37.3 Å². The minimum Gasteiger partial charge on any atom is -0.448 e. The SMILES string of the molecule is Cc1ccc(-c2c(C(=O)OC(C)C(=O)Nc3cc(=O)n(-c4ccccc4)[nH]3)n(C)c(=O)c3ccccc23)cc1. The molecule has 1 amide bonds. The third-order valence-electron chi connectivity index (χ3n) is 6.48. The summed E-state index contributed by atoms with van der Waals surface area (Å²) >= 11 is 0. The molecule has 3 aromatic carbocycles. The van der Waals surface area contributed by atoms with Crippen LogP contribution in [0.4, 0.5) is 5.82 Å². The summed E-state index contributed by atoms with van der Waals surface area (Å²) in [6.07, 6.45) is -1.23. The number of ether oxygens (including phenoxy) is 1. The predicted molar refractivity (Wildman–Crippen MR) is 149 cm³/mol. The molecule has 0 fully saturated rings. The lowest BCUT2D eigenvalue weighted by atomic mass is 9.96. The van der Waals surface area contributed by atoms with Gasteiger partial charge in [-0.1, -0.05) is 66.2 Å². The van der Waals surface area contributed by atoms with Gasteiger partial charge in [0.15, 0.2) is 6.10 Å². The number of rotatable bonds is 6. The van der Waals surface area contributed by atoms with E-state index in [1.54, 1.807) is 48.5 Å². The summed E-state index contributed by atoms with van der Waals surface area (Å²) in [4.78, 5) is 51.9. The van der Waals surface area contributed by atoms with Crippen molar-refractivity contribution in [2.75, 3.05) is 5.32 Å². The van der Waals surface area contributed by atoms with Gasteiger partial charge in [-0.05, 0) is 43.0 Å². The number of nitrogens with zero attached hydrogens (tertiary/aromatic N) is 2. The number of esters is 1. The highest BCUT2D eigenvalue weighted by atomic mass is 16.5. The van der Waals surface area contributed by atoms with Crippen molar-refractivity contribution in [3.05, 3.63) is 117 Å². The molecule has 2 aromatic heterocycles. The molecule has 196 valence electrons. The van der Waals surface area contributed by atoms with E-state index in [0.717, 1.165) is 11.1 Å². The van der Waals surface area contributed by atoms with Crippen LogP contribution in [0.15, 0.2) is 94.5 Å². The van der Waals surface area contributed by atoms with Crippen LogP contribution in [0.3, 0.4) is 0 Å². The first-order valence-electron chi connectivity index (χ1n) is 12.3. The standard InChI is InChI=1S/C30H26N4O5/c1-18-13-15-20(16-14-18)26-22-11-7-8-12-23(22)29(37)33(3)27(26)30(38)39-19(2)28(36)31-24-17-25(35)34(32-24)21-9-5-4-6-10-21/h4-17,19,32H,1-3H3,(H,31,36). The minimum absolute atomic E-state index is 0.0332. The van der Waals surface area contributed by atoms with Gasteiger partial charge in [0.25, 0.3) is 17.0 Å². The zero-order valence-electron chi connectivity index (χ0n) is 21.6. The second-order valence-electron chi connectivity index (χ2n) is 9.22. The maximum atomic E-state index is 13.5. The van der Waals surface area contributed by atoms with Gasteiger partial charge in [-0.25, -0.2) is 9.48 Å². The Kier molecular flexibility index (Phi) is 6.72. The molecule has 0 radical (unpaired) electrons. The van der Waals surface area contributed by atoms with Gasteiger partial charge in [0.2, 0.25) is 0 Å². The molecular weight excluding hydrogens is 496 g/mol. The van der Waals surface area contributed by atoms with Crippen LogP contribution in [-0.2, 0) is 16.6 Å². The molecule has 9 heteroatoms. The number of fused-ring (bicyclic) bond motifs is 1. The Morgan fingerprint density at radius 3 is 2.23 bits per heavy atom. The van der Waals surface area contributed by atoms with Gasteiger partial charge in [-0.2, -0.15) is 0 Å². The number of aromatic amines is 1. The molecule has 2 N–H and O–H groups in total. The Morgan fingerprint density at radius 2 is 1.54 bits per heavy atom. The van der Waals surface area contributed by atoms with Crippen LogP contribution < -0.4 is 16.4 Å². The van der Waals surface area contributed by atoms with E-state index in [1.165, 1.54) is 29.3 Å². The second kappa shape index (κ2) is 10.3. The second-order valence-corrected chi connectivity index (χ2v) is 9.22. The first-order valence-corrected chi connectivity index (χ1v) is 12.3. The number of aryl methyl sites for hydroxylation is 1. The number of hydrogen-bond acceptors (Lipinski definition) is 5. The third-order valence-corrected chi connectivity index (χ3v) is 6.48. The number of hydrogen-bond donors (Lipinski definition) is 2. The highest BCUT2D eigenvalue weighted by Crippen LogP contribution is 2.31. The fourth-order valence-electron chi connectivity index (χ4n) is 4.45. The molecule has 1 unspecified atom stereocenters. The van der Waals surface area contributed by atoms with Gasteiger partial charge in [0, 0.05) is 24.1 Å². The molecule has 5 aromatic rings. The zero-order chi connectivity index (χ0) is 27.7. The summed E-state index contributed by atoms with van der Waals surface area (Å²) in [5.41, 5.74) is 2.22. The third kappa shape index (κ3) is 4.89. The van der Waals surface area contributed by atoms with Gasteiger partial charge in [0.1, 0.15) is 11.5 Å². The molecular formula is C30H26N4O5. The van der Waals surface area contributed by atoms with E-state index < -0.39 is 18.0 Å². The van der Waals surface area contributed by atoms with Crippen molar-refractivity contribution in [3.8, 4) is 16.8 Å². The van der Waals surface area contributed by atoms with Gasteiger partial charge in [-0.15, -0.1) is 0 Å². The number of carbonyl (C=O) groups excluding carboxylic acids is 2. The van der Waals surface area contributed by atoms with Gasteiger partial charge in [-0.3, -0.25) is 19.5 Å². The predicted octanol–water partition coefficient (Wildman–Crippen LogP) is 4.18. The minimum atomic E-state index is -1.23. The molecule has 0 aliphatic carbocycles. The van der Waals surface area contributed by atoms with E-state index in [-0.39, 0.29) is 22.6 Å². The quantitative estimate of drug-likeness (QED) is 0.325. The molecule has 0 spiro atoms. The summed E-state index contributed by atoms with van der Waals surface area (Å²) in [6.45, 7) is 3.38. The summed E-state index contributed by atoms with van der Waals surface area (Å²) in [6, 6.07) is 24.8. The number of amides is 1. The van der Waals surface area contributed by atoms with E-state index >= 15 is 0 Å². The number of H-pyrrole nitrogens is 1. The van der Waals surface area contributed by atoms with Crippen molar-refractivity contribution in [2.24, 2.45) is 7.05 Å². The molecule has 5 rings (SSSR count). The fourth-order valence-corrected chi connectivity index (χ4v) is 4.45. The van der Waals surface area contributed by atoms with E-state index in [9.17, 15) is 19.2 Å². The van der Waals surface area contributed by atoms with Crippen molar-refractivity contribution in [1.29, 1.82) is 0 Å². The first-order chi connectivity index (χ1) is 18.7. The molecule has 0 saturated carbocycles. The Morgan fingerprint density at radius 1 is 0.897 bits per heavy atom. The van der Waals surface area contributed by atoms with Crippen LogP contribution >= 0.6 is 0 Å². The molecule has 0 aliphatic heterocycles. The summed E-state index contributed by atoms with van der Waals surface area (Å²) in [5, 5.41) is 6.47. The lowest BCUT2D eigenvalue weighted by Gasteiger charge is -2.19. The van der Waals surface area contributed by atoms with Crippen LogP contribution in [0.5, 0.6) is 0 Å². The normalized spacial score (nSPS) is 11.8. The van der Waals surface area contributed by atoms with E-state index in [0.29, 0.717) is 22.0 Å². The molecule has 0 aliphatic rings. The number of aromatic nitrogens is 3. The number of carbonyl (C=O) groups is 2. The van der Waals surface area contributed by atoms with Gasteiger partial charge < -0.3 is 14.6 Å². The van der Waals surface area contributed by atoms with Crippen LogP contribution in [0.1, 0.15) is 23.0 Å². The largest absolute Gasteiger partial charge is 0.448 e. The smallest absolute Gasteiger partial charge is 0.356 e. The van der Waals surface area contributed by atoms with Crippen molar-refractivity contribution < 1.29 is 14.3 Å². The highest BCUT2D eigenvalue weighted by molar-refractivity contribution is 6.07. The number of nitrogens with one attached hydrogen (secondary N) is 2. The van der Waals surface area contributed by atoms with Crippen molar-refractivity contribution in [1.82, 2.24) is 14.3 Å². The lowest BCUT2D eigenvalue weighted by Crippen LogP contribution is -2.33. The zero-order valence-corrected chi connectivity index (χ0v) is 21.6. The van der Waals surface area contributed by atoms with E-state index in [2.05, 4.69) is 10.4 Å². The van der Waals surface area contributed by atoms with Crippen molar-refractivity contribution in [2.45, 2.75) is 20.0 Å². The van der Waals surface area contributed by atoms with E-state index in [4.69, 9.17) is 4.74 Å². The van der Waals surface area contributed by atoms with Crippen molar-refractivity contribution in [3.63, 3.8) is 0 Å². The Bertz CT molecular complexity index is 1820. The number of anilines is 1. The molecule has 39 heavy (non-hydrogen) atoms. The molecule has 1 atom stereocenters. The summed E-state index contributed by atoms with van der Waals surface area (Å²) in [7, 11) is 1.50. The highest BCUT2D eigenvalue weighted by Gasteiger charge is 2.26. The fraction of sp³-hybridized carbons (Fsp3) is 0.133. The van der Waals surface area contributed by atoms with Crippen LogP contribution in [0.25, 0.3) is 27.6 Å². The average Bonchev–Trinajstić information content (AvgIpc) is 3.31. The van der Waals surface area contributed by atoms with Crippen LogP contribution in [0, 0.1) is 6.92 Å². The maximum Gasteiger partial charge on any atom is 0.356 e. The van der Waals surface area contributed by atoms with Crippen molar-refractivity contribution >= 4 is 28.5 Å². The Hall–Kier alpha value is -5.18. The summed E-state index contributed by atoms with van der Waals surface area (Å²) in [5.74, 6) is -1.32. The van der Waals surface area contributed by atoms with Crippen LogP contribution in [-0.4, -0.2) is 32.3 Å². The Labute approximate surface area is 223 Å². The Balaban J connectivity index is 1.45. The molecule has 0 bridgehead atoms. The summed E-state index contributed by atoms with van der Waals surface area (Å²) < 4.78 is 8.09. The number of pyridine rings is 1. The lowest BCUT2D eigenvalue weighted by molar-refractivity contribution is -0.123. The number of benzene rings is 3. The first kappa shape index (κ1) is 25.5. The molecule has 2 heterocycles.